The number of nitrogens with zero attached hydrogens (tertiary/aromatic N) is 5. The van der Waals surface area contributed by atoms with Crippen molar-refractivity contribution >= 4 is 39.7 Å². The van der Waals surface area contributed by atoms with Gasteiger partial charge in [-0.05, 0) is 37.1 Å². The molecule has 2 heterocycles. The monoisotopic (exact) mass is 437 g/mol. The first kappa shape index (κ1) is 21.2. The molecule has 1 amide bonds. The Bertz CT molecular complexity index is 1220. The molecule has 0 radical (unpaired) electrons. The van der Waals surface area contributed by atoms with Crippen LogP contribution in [0.1, 0.15) is 31.9 Å². The summed E-state index contributed by atoms with van der Waals surface area (Å²) in [7, 11) is 1.75. The van der Waals surface area contributed by atoms with Crippen LogP contribution >= 0.6 is 11.8 Å². The third kappa shape index (κ3) is 4.25. The fourth-order valence-corrected chi connectivity index (χ4v) is 4.32. The van der Waals surface area contributed by atoms with Crippen LogP contribution in [0.4, 0.5) is 4.39 Å². The molecule has 0 bridgehead atoms. The number of carbonyl (C=O) groups excluding carboxylic acids is 1. The first-order chi connectivity index (χ1) is 15.0. The summed E-state index contributed by atoms with van der Waals surface area (Å²) in [4.78, 5) is 19.1. The average molecular weight is 438 g/mol. The maximum atomic E-state index is 13.2. The van der Waals surface area contributed by atoms with Gasteiger partial charge in [0.1, 0.15) is 11.3 Å². The lowest BCUT2D eigenvalue weighted by Crippen LogP contribution is -2.31. The van der Waals surface area contributed by atoms with Crippen LogP contribution in [0.15, 0.2) is 53.7 Å². The minimum Gasteiger partial charge on any atom is -0.338 e. The van der Waals surface area contributed by atoms with E-state index in [-0.39, 0.29) is 23.5 Å². The van der Waals surface area contributed by atoms with Gasteiger partial charge in [0.05, 0.1) is 17.3 Å². The van der Waals surface area contributed by atoms with Crippen LogP contribution in [-0.2, 0) is 11.3 Å². The topological polar surface area (TPSA) is 63.9 Å². The standard InChI is InChI=1S/C23H24FN5OS/c1-4-13-29-19-8-6-5-7-18(19)21-22(29)25-23(27-26-21)31-14-20(30)28(3)15(2)16-9-11-17(24)12-10-16/h5-12,15H,4,13-14H2,1-3H3. The van der Waals surface area contributed by atoms with Gasteiger partial charge in [-0.15, -0.1) is 10.2 Å². The van der Waals surface area contributed by atoms with Gasteiger partial charge in [0, 0.05) is 19.0 Å². The molecular formula is C23H24FN5OS. The Labute approximate surface area is 184 Å². The van der Waals surface area contributed by atoms with E-state index in [1.54, 1.807) is 24.1 Å². The third-order valence-electron chi connectivity index (χ3n) is 5.45. The number of thioether (sulfide) groups is 1. The molecule has 31 heavy (non-hydrogen) atoms. The van der Waals surface area contributed by atoms with Crippen molar-refractivity contribution in [2.45, 2.75) is 38.0 Å². The van der Waals surface area contributed by atoms with Crippen LogP contribution in [0.5, 0.6) is 0 Å². The Morgan fingerprint density at radius 1 is 1.16 bits per heavy atom. The van der Waals surface area contributed by atoms with Crippen molar-refractivity contribution in [2.75, 3.05) is 12.8 Å². The molecule has 0 saturated heterocycles. The second kappa shape index (κ2) is 9.01. The van der Waals surface area contributed by atoms with Gasteiger partial charge in [0.25, 0.3) is 0 Å². The van der Waals surface area contributed by atoms with Gasteiger partial charge < -0.3 is 9.47 Å². The smallest absolute Gasteiger partial charge is 0.233 e. The number of hydrogen-bond donors (Lipinski definition) is 0. The maximum Gasteiger partial charge on any atom is 0.233 e. The number of carbonyl (C=O) groups is 1. The number of benzene rings is 2. The number of para-hydroxylation sites is 1. The zero-order valence-electron chi connectivity index (χ0n) is 17.7. The van der Waals surface area contributed by atoms with E-state index < -0.39 is 0 Å². The van der Waals surface area contributed by atoms with Crippen LogP contribution < -0.4 is 0 Å². The summed E-state index contributed by atoms with van der Waals surface area (Å²) in [5, 5.41) is 10.2. The van der Waals surface area contributed by atoms with E-state index in [2.05, 4.69) is 27.8 Å². The van der Waals surface area contributed by atoms with E-state index in [9.17, 15) is 9.18 Å². The van der Waals surface area contributed by atoms with E-state index in [0.29, 0.717) is 5.16 Å². The number of rotatable bonds is 7. The maximum absolute atomic E-state index is 13.2. The van der Waals surface area contributed by atoms with Gasteiger partial charge in [0.2, 0.25) is 11.1 Å². The lowest BCUT2D eigenvalue weighted by atomic mass is 10.1. The number of halogens is 1. The fourth-order valence-electron chi connectivity index (χ4n) is 3.61. The number of aromatic nitrogens is 4. The molecule has 0 spiro atoms. The molecule has 160 valence electrons. The molecule has 0 aliphatic heterocycles. The Morgan fingerprint density at radius 2 is 1.90 bits per heavy atom. The second-order valence-corrected chi connectivity index (χ2v) is 8.40. The number of hydrogen-bond acceptors (Lipinski definition) is 5. The summed E-state index contributed by atoms with van der Waals surface area (Å²) < 4.78 is 15.3. The lowest BCUT2D eigenvalue weighted by molar-refractivity contribution is -0.128. The van der Waals surface area contributed by atoms with Crippen LogP contribution in [0.25, 0.3) is 22.1 Å². The molecule has 4 rings (SSSR count). The summed E-state index contributed by atoms with van der Waals surface area (Å²) in [6, 6.07) is 14.1. The normalized spacial score (nSPS) is 12.4. The third-order valence-corrected chi connectivity index (χ3v) is 6.28. The van der Waals surface area contributed by atoms with E-state index in [1.807, 2.05) is 25.1 Å². The van der Waals surface area contributed by atoms with Gasteiger partial charge in [-0.2, -0.15) is 0 Å². The first-order valence-electron chi connectivity index (χ1n) is 10.2. The number of fused-ring (bicyclic) bond motifs is 3. The summed E-state index contributed by atoms with van der Waals surface area (Å²) in [5.41, 5.74) is 3.54. The van der Waals surface area contributed by atoms with Crippen molar-refractivity contribution in [1.29, 1.82) is 0 Å². The molecule has 4 aromatic rings. The van der Waals surface area contributed by atoms with Gasteiger partial charge in [0.15, 0.2) is 5.65 Å². The zero-order chi connectivity index (χ0) is 22.0. The predicted molar refractivity (Wildman–Crippen MR) is 121 cm³/mol. The summed E-state index contributed by atoms with van der Waals surface area (Å²) in [5.74, 6) is -0.149. The molecule has 0 fully saturated rings. The highest BCUT2D eigenvalue weighted by Gasteiger charge is 2.19. The molecule has 6 nitrogen and oxygen atoms in total. The lowest BCUT2D eigenvalue weighted by Gasteiger charge is -2.25. The van der Waals surface area contributed by atoms with Gasteiger partial charge in [-0.25, -0.2) is 9.37 Å². The highest BCUT2D eigenvalue weighted by Crippen LogP contribution is 2.28. The van der Waals surface area contributed by atoms with E-state index in [1.165, 1.54) is 23.9 Å². The molecule has 0 N–H and O–H groups in total. The van der Waals surface area contributed by atoms with E-state index in [4.69, 9.17) is 4.98 Å². The number of amides is 1. The van der Waals surface area contributed by atoms with Crippen LogP contribution in [-0.4, -0.2) is 43.4 Å². The van der Waals surface area contributed by atoms with Crippen molar-refractivity contribution in [3.8, 4) is 0 Å². The van der Waals surface area contributed by atoms with Gasteiger partial charge in [-0.1, -0.05) is 49.0 Å². The van der Waals surface area contributed by atoms with Crippen LogP contribution in [0.2, 0.25) is 0 Å². The van der Waals surface area contributed by atoms with Crippen molar-refractivity contribution in [2.24, 2.45) is 0 Å². The Hall–Kier alpha value is -3.00. The van der Waals surface area contributed by atoms with Crippen molar-refractivity contribution in [1.82, 2.24) is 24.6 Å². The Morgan fingerprint density at radius 3 is 2.65 bits per heavy atom. The molecule has 1 unspecified atom stereocenters. The second-order valence-electron chi connectivity index (χ2n) is 7.46. The molecule has 8 heteroatoms. The van der Waals surface area contributed by atoms with Crippen LogP contribution in [0.3, 0.4) is 0 Å². The minimum atomic E-state index is -0.291. The fraction of sp³-hybridized carbons (Fsp3) is 0.304. The zero-order valence-corrected chi connectivity index (χ0v) is 18.6. The SMILES string of the molecule is CCCn1c2ccccc2c2nnc(SCC(=O)N(C)C(C)c3ccc(F)cc3)nc21. The quantitative estimate of drug-likeness (QED) is 0.387. The molecule has 2 aromatic heterocycles. The summed E-state index contributed by atoms with van der Waals surface area (Å²) in [6.45, 7) is 4.88. The Kier molecular flexibility index (Phi) is 6.18. The molecule has 0 aliphatic carbocycles. The highest BCUT2D eigenvalue weighted by molar-refractivity contribution is 7.99. The molecule has 0 aliphatic rings. The molecule has 1 atom stereocenters. The number of aryl methyl sites for hydroxylation is 1. The average Bonchev–Trinajstić information content (AvgIpc) is 3.10. The molecule has 0 saturated carbocycles. The largest absolute Gasteiger partial charge is 0.338 e. The van der Waals surface area contributed by atoms with Crippen molar-refractivity contribution in [3.05, 3.63) is 59.9 Å². The minimum absolute atomic E-state index is 0.0559. The Balaban J connectivity index is 1.52. The molecular weight excluding hydrogens is 413 g/mol. The predicted octanol–water partition coefficient (Wildman–Crippen LogP) is 4.84. The van der Waals surface area contributed by atoms with E-state index in [0.717, 1.165) is 40.6 Å². The summed E-state index contributed by atoms with van der Waals surface area (Å²) >= 11 is 1.27. The van der Waals surface area contributed by atoms with E-state index >= 15 is 0 Å². The van der Waals surface area contributed by atoms with Gasteiger partial charge in [-0.3, -0.25) is 4.79 Å². The van der Waals surface area contributed by atoms with Gasteiger partial charge >= 0.3 is 0 Å². The summed E-state index contributed by atoms with van der Waals surface area (Å²) in [6.07, 6.45) is 0.977. The first-order valence-corrected chi connectivity index (χ1v) is 11.2. The molecule has 2 aromatic carbocycles. The van der Waals surface area contributed by atoms with Crippen LogP contribution in [0, 0.1) is 5.82 Å². The van der Waals surface area contributed by atoms with Crippen molar-refractivity contribution in [3.63, 3.8) is 0 Å². The highest BCUT2D eigenvalue weighted by atomic mass is 32.2. The van der Waals surface area contributed by atoms with Crippen molar-refractivity contribution < 1.29 is 9.18 Å².